The molecule has 0 aromatic rings. The maximum Gasteiger partial charge on any atom is 0.331 e. The molecule has 4 nitrogen and oxygen atoms in total. The van der Waals surface area contributed by atoms with Crippen molar-refractivity contribution in [2.24, 2.45) is 0 Å². The second-order valence-electron chi connectivity index (χ2n) is 3.18. The molecule has 0 N–H and O–H groups in total. The summed E-state index contributed by atoms with van der Waals surface area (Å²) in [7, 11) is 0. The highest BCUT2D eigenvalue weighted by Crippen LogP contribution is 1.97. The van der Waals surface area contributed by atoms with Gasteiger partial charge in [-0.05, 0) is 19.6 Å². The Balaban J connectivity index is 3.69. The van der Waals surface area contributed by atoms with Crippen LogP contribution in [-0.4, -0.2) is 36.2 Å². The summed E-state index contributed by atoms with van der Waals surface area (Å²) in [6.45, 7) is 5.88. The minimum Gasteiger partial charge on any atom is -0.462 e. The van der Waals surface area contributed by atoms with Crippen molar-refractivity contribution in [1.82, 2.24) is 0 Å². The lowest BCUT2D eigenvalue weighted by atomic mass is 10.4. The van der Waals surface area contributed by atoms with Gasteiger partial charge in [0.25, 0.3) is 0 Å². The Hall–Kier alpha value is -0.970. The van der Waals surface area contributed by atoms with Crippen molar-refractivity contribution in [3.05, 3.63) is 12.2 Å². The maximum absolute atomic E-state index is 11.1. The second-order valence-corrected chi connectivity index (χ2v) is 4.58. The van der Waals surface area contributed by atoms with Gasteiger partial charge in [-0.25, -0.2) is 9.59 Å². The summed E-state index contributed by atoms with van der Waals surface area (Å²) in [4.78, 5) is 22.1. The molecule has 0 saturated heterocycles. The van der Waals surface area contributed by atoms with Gasteiger partial charge < -0.3 is 9.47 Å². The smallest absolute Gasteiger partial charge is 0.331 e. The Morgan fingerprint density at radius 2 is 1.88 bits per heavy atom. The third-order valence-corrected chi connectivity index (χ3v) is 2.25. The summed E-state index contributed by atoms with van der Waals surface area (Å²) < 4.78 is 9.65. The molecule has 0 aromatic heterocycles. The predicted octanol–water partition coefficient (Wildman–Crippen LogP) is 1.79. The zero-order chi connectivity index (χ0) is 12.4. The first-order valence-electron chi connectivity index (χ1n) is 5.19. The van der Waals surface area contributed by atoms with Gasteiger partial charge in [0.1, 0.15) is 6.61 Å². The predicted molar refractivity (Wildman–Crippen MR) is 64.3 cm³/mol. The van der Waals surface area contributed by atoms with Gasteiger partial charge in [-0.15, -0.1) is 0 Å². The van der Waals surface area contributed by atoms with Crippen molar-refractivity contribution in [2.75, 3.05) is 18.1 Å². The van der Waals surface area contributed by atoms with Crippen LogP contribution in [0.3, 0.4) is 0 Å². The van der Waals surface area contributed by atoms with E-state index in [-0.39, 0.29) is 6.10 Å². The number of hydrogen-bond acceptors (Lipinski definition) is 5. The van der Waals surface area contributed by atoms with E-state index < -0.39 is 11.9 Å². The van der Waals surface area contributed by atoms with Crippen molar-refractivity contribution in [3.63, 3.8) is 0 Å². The molecule has 0 aliphatic carbocycles. The van der Waals surface area contributed by atoms with Crippen molar-refractivity contribution < 1.29 is 19.1 Å². The zero-order valence-corrected chi connectivity index (χ0v) is 10.7. The first-order chi connectivity index (χ1) is 7.56. The summed E-state index contributed by atoms with van der Waals surface area (Å²) in [5.74, 6) is 0.716. The largest absolute Gasteiger partial charge is 0.462 e. The highest BCUT2D eigenvalue weighted by Gasteiger charge is 2.02. The van der Waals surface area contributed by atoms with Crippen molar-refractivity contribution in [1.29, 1.82) is 0 Å². The number of rotatable bonds is 7. The number of ether oxygens (including phenoxy) is 2. The van der Waals surface area contributed by atoms with Crippen LogP contribution in [0.1, 0.15) is 20.8 Å². The number of hydrogen-bond donors (Lipinski definition) is 0. The van der Waals surface area contributed by atoms with E-state index >= 15 is 0 Å². The van der Waals surface area contributed by atoms with Crippen LogP contribution in [0.15, 0.2) is 12.2 Å². The van der Waals surface area contributed by atoms with Crippen LogP contribution in [-0.2, 0) is 19.1 Å². The third kappa shape index (κ3) is 9.58. The van der Waals surface area contributed by atoms with Crippen LogP contribution in [0, 0.1) is 0 Å². The molecule has 0 atom stereocenters. The Morgan fingerprint density at radius 3 is 2.44 bits per heavy atom. The van der Waals surface area contributed by atoms with E-state index in [1.165, 1.54) is 0 Å². The van der Waals surface area contributed by atoms with Gasteiger partial charge in [-0.3, -0.25) is 0 Å². The molecule has 0 spiro atoms. The average Bonchev–Trinajstić information content (AvgIpc) is 2.20. The number of thioether (sulfide) groups is 1. The molecular weight excluding hydrogens is 228 g/mol. The maximum atomic E-state index is 11.1. The van der Waals surface area contributed by atoms with Crippen molar-refractivity contribution in [3.8, 4) is 0 Å². The molecule has 0 aliphatic rings. The summed E-state index contributed by atoms with van der Waals surface area (Å²) in [6, 6.07) is 0. The van der Waals surface area contributed by atoms with E-state index in [1.54, 1.807) is 25.6 Å². The summed E-state index contributed by atoms with van der Waals surface area (Å²) >= 11 is 1.69. The molecule has 5 heteroatoms. The molecule has 0 aliphatic heterocycles. The SMILES string of the molecule is CCSCCOC(=O)/C=C/C(=O)OC(C)C. The van der Waals surface area contributed by atoms with Crippen LogP contribution in [0.5, 0.6) is 0 Å². The molecule has 0 amide bonds. The molecule has 0 heterocycles. The molecule has 0 rings (SSSR count). The Morgan fingerprint density at radius 1 is 1.25 bits per heavy atom. The van der Waals surface area contributed by atoms with E-state index in [0.717, 1.165) is 23.7 Å². The molecule has 0 fully saturated rings. The quantitative estimate of drug-likeness (QED) is 0.389. The lowest BCUT2D eigenvalue weighted by Gasteiger charge is -2.04. The molecular formula is C11H18O4S. The fraction of sp³-hybridized carbons (Fsp3) is 0.636. The topological polar surface area (TPSA) is 52.6 Å². The van der Waals surface area contributed by atoms with E-state index in [2.05, 4.69) is 0 Å². The Kier molecular flexibility index (Phi) is 8.71. The summed E-state index contributed by atoms with van der Waals surface area (Å²) in [5.41, 5.74) is 0. The molecule has 0 radical (unpaired) electrons. The summed E-state index contributed by atoms with van der Waals surface area (Å²) in [6.07, 6.45) is 1.98. The van der Waals surface area contributed by atoms with Crippen LogP contribution in [0.4, 0.5) is 0 Å². The standard InChI is InChI=1S/C11H18O4S/c1-4-16-8-7-14-10(12)5-6-11(13)15-9(2)3/h5-6,9H,4,7-8H2,1-3H3/b6-5+. The fourth-order valence-electron chi connectivity index (χ4n) is 0.801. The van der Waals surface area contributed by atoms with E-state index in [0.29, 0.717) is 6.61 Å². The molecule has 92 valence electrons. The lowest BCUT2D eigenvalue weighted by molar-refractivity contribution is -0.142. The highest BCUT2D eigenvalue weighted by atomic mass is 32.2. The minimum atomic E-state index is -0.533. The third-order valence-electron chi connectivity index (χ3n) is 1.38. The second kappa shape index (κ2) is 9.27. The monoisotopic (exact) mass is 246 g/mol. The number of esters is 2. The van der Waals surface area contributed by atoms with Gasteiger partial charge in [-0.2, -0.15) is 11.8 Å². The Bertz CT molecular complexity index is 248. The molecule has 0 saturated carbocycles. The fourth-order valence-corrected chi connectivity index (χ4v) is 1.29. The lowest BCUT2D eigenvalue weighted by Crippen LogP contribution is -2.10. The van der Waals surface area contributed by atoms with Gasteiger partial charge in [0.15, 0.2) is 0 Å². The highest BCUT2D eigenvalue weighted by molar-refractivity contribution is 7.99. The van der Waals surface area contributed by atoms with Crippen LogP contribution in [0.2, 0.25) is 0 Å². The van der Waals surface area contributed by atoms with Gasteiger partial charge >= 0.3 is 11.9 Å². The van der Waals surface area contributed by atoms with Gasteiger partial charge in [0.2, 0.25) is 0 Å². The Labute approximate surface area is 100 Å². The number of carbonyl (C=O) groups is 2. The van der Waals surface area contributed by atoms with E-state index in [9.17, 15) is 9.59 Å². The average molecular weight is 246 g/mol. The van der Waals surface area contributed by atoms with Crippen LogP contribution < -0.4 is 0 Å². The number of carbonyl (C=O) groups excluding carboxylic acids is 2. The first kappa shape index (κ1) is 15.0. The first-order valence-corrected chi connectivity index (χ1v) is 6.35. The summed E-state index contributed by atoms with van der Waals surface area (Å²) in [5, 5.41) is 0. The van der Waals surface area contributed by atoms with Crippen LogP contribution in [0.25, 0.3) is 0 Å². The molecule has 16 heavy (non-hydrogen) atoms. The molecule has 0 unspecified atom stereocenters. The van der Waals surface area contributed by atoms with E-state index in [1.807, 2.05) is 6.92 Å². The van der Waals surface area contributed by atoms with E-state index in [4.69, 9.17) is 9.47 Å². The minimum absolute atomic E-state index is 0.186. The van der Waals surface area contributed by atoms with Crippen LogP contribution >= 0.6 is 11.8 Å². The van der Waals surface area contributed by atoms with Gasteiger partial charge in [0.05, 0.1) is 6.10 Å². The zero-order valence-electron chi connectivity index (χ0n) is 9.89. The van der Waals surface area contributed by atoms with Crippen molar-refractivity contribution in [2.45, 2.75) is 26.9 Å². The molecule has 0 aromatic carbocycles. The normalized spacial score (nSPS) is 10.8. The van der Waals surface area contributed by atoms with Gasteiger partial charge in [0, 0.05) is 17.9 Å². The van der Waals surface area contributed by atoms with Crippen molar-refractivity contribution >= 4 is 23.7 Å². The molecule has 0 bridgehead atoms. The van der Waals surface area contributed by atoms with Gasteiger partial charge in [-0.1, -0.05) is 6.92 Å².